The molecule has 0 aromatic heterocycles. The largest absolute Gasteiger partial charge is 0.490 e. The van der Waals surface area contributed by atoms with E-state index in [9.17, 15) is 4.79 Å². The van der Waals surface area contributed by atoms with Gasteiger partial charge in [-0.3, -0.25) is 4.79 Å². The van der Waals surface area contributed by atoms with Gasteiger partial charge in [0.2, 0.25) is 0 Å². The molecule has 0 unspecified atom stereocenters. The van der Waals surface area contributed by atoms with Gasteiger partial charge in [-0.25, -0.2) is 0 Å². The first kappa shape index (κ1) is 18.7. The lowest BCUT2D eigenvalue weighted by atomic mass is 10.0. The molecule has 0 saturated carbocycles. The summed E-state index contributed by atoms with van der Waals surface area (Å²) in [7, 11) is 1.60. The first-order valence-electron chi connectivity index (χ1n) is 7.33. The average molecular weight is 330 g/mol. The van der Waals surface area contributed by atoms with Gasteiger partial charge < -0.3 is 19.5 Å². The molecule has 1 N–H and O–H groups in total. The molecule has 124 valence electrons. The number of hydrogen-bond donors (Lipinski definition) is 1. The van der Waals surface area contributed by atoms with Gasteiger partial charge in [0.15, 0.2) is 0 Å². The number of halogens is 1. The summed E-state index contributed by atoms with van der Waals surface area (Å²) in [5, 5.41) is 3.26. The molecule has 1 aromatic carbocycles. The number of hydrogen-bond acceptors (Lipinski definition) is 4. The van der Waals surface area contributed by atoms with Gasteiger partial charge in [0.1, 0.15) is 18.0 Å². The molecule has 0 aliphatic heterocycles. The molecule has 1 amide bonds. The third-order valence-electron chi connectivity index (χ3n) is 3.35. The highest BCUT2D eigenvalue weighted by Crippen LogP contribution is 2.28. The second-order valence-electron chi connectivity index (χ2n) is 4.96. The number of carbonyl (C=O) groups excluding carboxylic acids is 1. The van der Waals surface area contributed by atoms with Gasteiger partial charge in [0, 0.05) is 19.4 Å². The van der Waals surface area contributed by atoms with E-state index in [1.807, 2.05) is 13.8 Å². The van der Waals surface area contributed by atoms with E-state index in [1.54, 1.807) is 32.2 Å². The van der Waals surface area contributed by atoms with Crippen molar-refractivity contribution in [3.63, 3.8) is 0 Å². The van der Waals surface area contributed by atoms with Crippen LogP contribution in [-0.2, 0) is 14.3 Å². The number of methoxy groups -OCH3 is 1. The van der Waals surface area contributed by atoms with Gasteiger partial charge in [-0.2, -0.15) is 0 Å². The molecule has 0 radical (unpaired) electrons. The number of nitrogens with one attached hydrogen (secondary N) is 1. The van der Waals surface area contributed by atoms with Crippen LogP contribution >= 0.6 is 11.6 Å². The molecule has 1 aromatic rings. The lowest BCUT2D eigenvalue weighted by molar-refractivity contribution is -0.139. The predicted molar refractivity (Wildman–Crippen MR) is 87.8 cm³/mol. The van der Waals surface area contributed by atoms with Crippen molar-refractivity contribution in [3.05, 3.63) is 23.2 Å². The Hall–Kier alpha value is -1.30. The molecule has 0 bridgehead atoms. The summed E-state index contributed by atoms with van der Waals surface area (Å²) in [6.45, 7) is 6.93. The summed E-state index contributed by atoms with van der Waals surface area (Å²) in [6, 6.07) is 5.12. The topological polar surface area (TPSA) is 56.8 Å². The van der Waals surface area contributed by atoms with Gasteiger partial charge in [-0.05, 0) is 38.5 Å². The predicted octanol–water partition coefficient (Wildman–Crippen LogP) is 3.51. The highest BCUT2D eigenvalue weighted by atomic mass is 35.5. The maximum absolute atomic E-state index is 12.3. The highest BCUT2D eigenvalue weighted by Gasteiger charge is 2.31. The lowest BCUT2D eigenvalue weighted by Crippen LogP contribution is -2.42. The van der Waals surface area contributed by atoms with E-state index in [-0.39, 0.29) is 5.91 Å². The highest BCUT2D eigenvalue weighted by molar-refractivity contribution is 6.32. The van der Waals surface area contributed by atoms with Gasteiger partial charge in [0.05, 0.1) is 11.6 Å². The summed E-state index contributed by atoms with van der Waals surface area (Å²) in [6.07, 6.45) is 0.582. The summed E-state index contributed by atoms with van der Waals surface area (Å²) in [5.41, 5.74) is -0.247. The second kappa shape index (κ2) is 8.98. The number of anilines is 1. The minimum absolute atomic E-state index is 0.194. The molecule has 1 rings (SSSR count). The second-order valence-corrected chi connectivity index (χ2v) is 5.37. The molecule has 0 saturated heterocycles. The van der Waals surface area contributed by atoms with Crippen LogP contribution in [0.3, 0.4) is 0 Å². The Morgan fingerprint density at radius 3 is 2.59 bits per heavy atom. The zero-order chi connectivity index (χ0) is 16.6. The molecule has 0 heterocycles. The molecule has 0 aliphatic carbocycles. The Morgan fingerprint density at radius 1 is 1.32 bits per heavy atom. The fourth-order valence-electron chi connectivity index (χ4n) is 1.84. The average Bonchev–Trinajstić information content (AvgIpc) is 2.49. The van der Waals surface area contributed by atoms with Crippen LogP contribution < -0.4 is 10.1 Å². The molecule has 22 heavy (non-hydrogen) atoms. The van der Waals surface area contributed by atoms with E-state index in [0.29, 0.717) is 42.7 Å². The summed E-state index contributed by atoms with van der Waals surface area (Å²) in [5.74, 6) is 0.362. The quantitative estimate of drug-likeness (QED) is 0.704. The standard InChI is InChI=1S/C16H24ClNO4/c1-5-16(3,22-6-2)15(19)18-12-7-8-14(13(17)11-12)21-10-9-20-4/h7-8,11H,5-6,9-10H2,1-4H3,(H,18,19)/t16-/m1/s1. The van der Waals surface area contributed by atoms with Crippen LogP contribution in [0.4, 0.5) is 5.69 Å². The van der Waals surface area contributed by atoms with E-state index in [0.717, 1.165) is 0 Å². The Kier molecular flexibility index (Phi) is 7.65. The number of rotatable bonds is 9. The van der Waals surface area contributed by atoms with Crippen molar-refractivity contribution in [2.24, 2.45) is 0 Å². The molecule has 0 fully saturated rings. The van der Waals surface area contributed by atoms with Gasteiger partial charge >= 0.3 is 0 Å². The normalized spacial score (nSPS) is 13.5. The maximum atomic E-state index is 12.3. The van der Waals surface area contributed by atoms with Crippen LogP contribution in [0, 0.1) is 0 Å². The fourth-order valence-corrected chi connectivity index (χ4v) is 2.08. The first-order valence-corrected chi connectivity index (χ1v) is 7.71. The van der Waals surface area contributed by atoms with Gasteiger partial charge in [-0.1, -0.05) is 18.5 Å². The van der Waals surface area contributed by atoms with Crippen LogP contribution in [0.15, 0.2) is 18.2 Å². The van der Waals surface area contributed by atoms with Gasteiger partial charge in [-0.15, -0.1) is 0 Å². The molecular weight excluding hydrogens is 306 g/mol. The first-order chi connectivity index (χ1) is 10.5. The number of ether oxygens (including phenoxy) is 3. The molecule has 1 atom stereocenters. The number of carbonyl (C=O) groups is 1. The maximum Gasteiger partial charge on any atom is 0.256 e. The zero-order valence-electron chi connectivity index (χ0n) is 13.6. The van der Waals surface area contributed by atoms with E-state index in [4.69, 9.17) is 25.8 Å². The Labute approximate surface area is 136 Å². The SMILES string of the molecule is CCO[C@](C)(CC)C(=O)Nc1ccc(OCCOC)c(Cl)c1. The van der Waals surface area contributed by atoms with Crippen molar-refractivity contribution in [1.29, 1.82) is 0 Å². The molecule has 0 aliphatic rings. The molecule has 6 heteroatoms. The van der Waals surface area contributed by atoms with Crippen LogP contribution in [0.25, 0.3) is 0 Å². The van der Waals surface area contributed by atoms with Crippen LogP contribution in [0.5, 0.6) is 5.75 Å². The van der Waals surface area contributed by atoms with E-state index >= 15 is 0 Å². The minimum Gasteiger partial charge on any atom is -0.490 e. The molecular formula is C16H24ClNO4. The van der Waals surface area contributed by atoms with Crippen molar-refractivity contribution < 1.29 is 19.0 Å². The Balaban J connectivity index is 2.74. The van der Waals surface area contributed by atoms with Crippen molar-refractivity contribution >= 4 is 23.2 Å². The van der Waals surface area contributed by atoms with Crippen molar-refractivity contribution in [2.45, 2.75) is 32.8 Å². The van der Waals surface area contributed by atoms with E-state index in [1.165, 1.54) is 0 Å². The van der Waals surface area contributed by atoms with Crippen molar-refractivity contribution in [3.8, 4) is 5.75 Å². The zero-order valence-corrected chi connectivity index (χ0v) is 14.3. The van der Waals surface area contributed by atoms with E-state index in [2.05, 4.69) is 5.32 Å². The Morgan fingerprint density at radius 2 is 2.05 bits per heavy atom. The Bertz CT molecular complexity index is 495. The summed E-state index contributed by atoms with van der Waals surface area (Å²) >= 11 is 6.15. The summed E-state index contributed by atoms with van der Waals surface area (Å²) < 4.78 is 15.9. The number of benzene rings is 1. The summed E-state index contributed by atoms with van der Waals surface area (Å²) in [4.78, 5) is 12.3. The molecule has 5 nitrogen and oxygen atoms in total. The smallest absolute Gasteiger partial charge is 0.256 e. The van der Waals surface area contributed by atoms with E-state index < -0.39 is 5.60 Å². The third-order valence-corrected chi connectivity index (χ3v) is 3.65. The van der Waals surface area contributed by atoms with Crippen LogP contribution in [-0.4, -0.2) is 38.4 Å². The van der Waals surface area contributed by atoms with Crippen molar-refractivity contribution in [1.82, 2.24) is 0 Å². The van der Waals surface area contributed by atoms with Gasteiger partial charge in [0.25, 0.3) is 5.91 Å². The van der Waals surface area contributed by atoms with Crippen LogP contribution in [0.2, 0.25) is 5.02 Å². The van der Waals surface area contributed by atoms with Crippen molar-refractivity contribution in [2.75, 3.05) is 32.2 Å². The number of amides is 1. The molecule has 0 spiro atoms. The minimum atomic E-state index is -0.852. The fraction of sp³-hybridized carbons (Fsp3) is 0.562. The monoisotopic (exact) mass is 329 g/mol. The van der Waals surface area contributed by atoms with Crippen LogP contribution in [0.1, 0.15) is 27.2 Å². The third kappa shape index (κ3) is 5.16. The lowest BCUT2D eigenvalue weighted by Gasteiger charge is -2.26.